The van der Waals surface area contributed by atoms with E-state index < -0.39 is 11.6 Å². The maximum atomic E-state index is 12.8. The Morgan fingerprint density at radius 3 is 2.38 bits per heavy atom. The monoisotopic (exact) mass is 353 g/mol. The average Bonchev–Trinajstić information content (AvgIpc) is 2.99. The van der Waals surface area contributed by atoms with Crippen LogP contribution in [0.5, 0.6) is 0 Å². The van der Waals surface area contributed by atoms with E-state index in [1.807, 2.05) is 63.2 Å². The summed E-state index contributed by atoms with van der Waals surface area (Å²) < 4.78 is 10.4. The molecule has 2 aromatic carbocycles. The second-order valence-electron chi connectivity index (χ2n) is 7.33. The molecule has 0 fully saturated rings. The van der Waals surface area contributed by atoms with Crippen LogP contribution in [0.2, 0.25) is 0 Å². The number of hydrogen-bond donors (Lipinski definition) is 0. The highest BCUT2D eigenvalue weighted by molar-refractivity contribution is 5.90. The van der Waals surface area contributed by atoms with Crippen molar-refractivity contribution in [3.05, 3.63) is 70.8 Å². The number of hydrogen-bond acceptors (Lipinski definition) is 4. The molecule has 1 amide bonds. The molecule has 0 saturated carbocycles. The Balaban J connectivity index is 2.04. The van der Waals surface area contributed by atoms with Gasteiger partial charge in [-0.15, -0.1) is 0 Å². The van der Waals surface area contributed by atoms with Gasteiger partial charge in [0.25, 0.3) is 0 Å². The van der Waals surface area contributed by atoms with Crippen LogP contribution >= 0.6 is 0 Å². The van der Waals surface area contributed by atoms with Gasteiger partial charge < -0.3 is 9.47 Å². The van der Waals surface area contributed by atoms with E-state index in [1.165, 1.54) is 7.11 Å². The van der Waals surface area contributed by atoms with Crippen molar-refractivity contribution in [2.45, 2.75) is 39.0 Å². The van der Waals surface area contributed by atoms with Gasteiger partial charge in [0.15, 0.2) is 0 Å². The highest BCUT2D eigenvalue weighted by Gasteiger charge is 2.37. The Morgan fingerprint density at radius 2 is 1.77 bits per heavy atom. The molecule has 0 aromatic heterocycles. The smallest absolute Gasteiger partial charge is 0.411 e. The van der Waals surface area contributed by atoms with E-state index in [4.69, 9.17) is 9.47 Å². The fourth-order valence-corrected chi connectivity index (χ4v) is 3.17. The first kappa shape index (κ1) is 18.0. The second kappa shape index (κ2) is 6.83. The SMILES string of the molecule is COC(=O)c1ccc2c(c1)C(c1ccccc1)N(C(=O)OC(C)(C)C)C2. The van der Waals surface area contributed by atoms with E-state index in [0.717, 1.165) is 16.7 Å². The lowest BCUT2D eigenvalue weighted by Crippen LogP contribution is -2.36. The number of benzene rings is 2. The Bertz CT molecular complexity index is 824. The summed E-state index contributed by atoms with van der Waals surface area (Å²) in [7, 11) is 1.36. The zero-order chi connectivity index (χ0) is 18.9. The molecule has 1 heterocycles. The molecule has 1 unspecified atom stereocenters. The zero-order valence-corrected chi connectivity index (χ0v) is 15.5. The van der Waals surface area contributed by atoms with Gasteiger partial charge in [-0.1, -0.05) is 36.4 Å². The van der Waals surface area contributed by atoms with Crippen LogP contribution in [-0.4, -0.2) is 29.7 Å². The summed E-state index contributed by atoms with van der Waals surface area (Å²) in [5.41, 5.74) is 2.78. The number of carbonyl (C=O) groups excluding carboxylic acids is 2. The van der Waals surface area contributed by atoms with Crippen molar-refractivity contribution >= 4 is 12.1 Å². The molecule has 1 aliphatic rings. The number of nitrogens with zero attached hydrogens (tertiary/aromatic N) is 1. The standard InChI is InChI=1S/C21H23NO4/c1-21(2,3)26-20(24)22-13-16-11-10-15(19(23)25-4)12-17(16)18(22)14-8-6-5-7-9-14/h5-12,18H,13H2,1-4H3. The summed E-state index contributed by atoms with van der Waals surface area (Å²) in [5.74, 6) is -0.393. The molecule has 1 aliphatic heterocycles. The molecular formula is C21H23NO4. The van der Waals surface area contributed by atoms with E-state index in [9.17, 15) is 9.59 Å². The predicted octanol–water partition coefficient (Wildman–Crippen LogP) is 4.31. The Hall–Kier alpha value is -2.82. The van der Waals surface area contributed by atoms with Crippen LogP contribution in [0.4, 0.5) is 4.79 Å². The molecule has 136 valence electrons. The van der Waals surface area contributed by atoms with Gasteiger partial charge in [-0.3, -0.25) is 4.90 Å². The summed E-state index contributed by atoms with van der Waals surface area (Å²) in [4.78, 5) is 26.4. The Labute approximate surface area is 153 Å². The molecule has 0 spiro atoms. The van der Waals surface area contributed by atoms with Gasteiger partial charge >= 0.3 is 12.1 Å². The summed E-state index contributed by atoms with van der Waals surface area (Å²) in [6.07, 6.45) is -0.373. The number of fused-ring (bicyclic) bond motifs is 1. The molecule has 2 aromatic rings. The maximum absolute atomic E-state index is 12.8. The van der Waals surface area contributed by atoms with Crippen LogP contribution in [0.1, 0.15) is 53.9 Å². The third kappa shape index (κ3) is 3.57. The number of amides is 1. The molecule has 0 aliphatic carbocycles. The summed E-state index contributed by atoms with van der Waals surface area (Å²) in [6, 6.07) is 14.9. The molecule has 0 N–H and O–H groups in total. The first-order valence-electron chi connectivity index (χ1n) is 8.56. The lowest BCUT2D eigenvalue weighted by atomic mass is 9.96. The van der Waals surface area contributed by atoms with E-state index in [0.29, 0.717) is 12.1 Å². The van der Waals surface area contributed by atoms with Crippen LogP contribution in [0.15, 0.2) is 48.5 Å². The lowest BCUT2D eigenvalue weighted by molar-refractivity contribution is 0.0203. The van der Waals surface area contributed by atoms with Gasteiger partial charge in [0, 0.05) is 0 Å². The number of rotatable bonds is 2. The molecule has 5 heteroatoms. The van der Waals surface area contributed by atoms with E-state index >= 15 is 0 Å². The average molecular weight is 353 g/mol. The molecule has 26 heavy (non-hydrogen) atoms. The number of methoxy groups -OCH3 is 1. The number of esters is 1. The minimum atomic E-state index is -0.579. The highest BCUT2D eigenvalue weighted by atomic mass is 16.6. The minimum Gasteiger partial charge on any atom is -0.465 e. The van der Waals surface area contributed by atoms with Gasteiger partial charge in [0.2, 0.25) is 0 Å². The quantitative estimate of drug-likeness (QED) is 0.755. The molecule has 1 atom stereocenters. The maximum Gasteiger partial charge on any atom is 0.411 e. The van der Waals surface area contributed by atoms with Crippen molar-refractivity contribution < 1.29 is 19.1 Å². The van der Waals surface area contributed by atoms with Gasteiger partial charge in [0.05, 0.1) is 25.3 Å². The minimum absolute atomic E-state index is 0.300. The molecule has 3 rings (SSSR count). The van der Waals surface area contributed by atoms with Crippen molar-refractivity contribution in [3.63, 3.8) is 0 Å². The topological polar surface area (TPSA) is 55.8 Å². The normalized spacial score (nSPS) is 16.2. The zero-order valence-electron chi connectivity index (χ0n) is 15.5. The Kier molecular flexibility index (Phi) is 4.72. The van der Waals surface area contributed by atoms with Crippen LogP contribution in [0.3, 0.4) is 0 Å². The largest absolute Gasteiger partial charge is 0.465 e. The van der Waals surface area contributed by atoms with Crippen LogP contribution in [-0.2, 0) is 16.0 Å². The molecule has 5 nitrogen and oxygen atoms in total. The fourth-order valence-electron chi connectivity index (χ4n) is 3.17. The van der Waals surface area contributed by atoms with E-state index in [2.05, 4.69) is 0 Å². The highest BCUT2D eigenvalue weighted by Crippen LogP contribution is 2.39. The van der Waals surface area contributed by atoms with Gasteiger partial charge in [-0.05, 0) is 49.6 Å². The van der Waals surface area contributed by atoms with Crippen molar-refractivity contribution in [3.8, 4) is 0 Å². The van der Waals surface area contributed by atoms with Gasteiger partial charge in [-0.2, -0.15) is 0 Å². The van der Waals surface area contributed by atoms with Crippen molar-refractivity contribution in [1.82, 2.24) is 4.90 Å². The summed E-state index contributed by atoms with van der Waals surface area (Å²) >= 11 is 0. The number of ether oxygens (including phenoxy) is 2. The summed E-state index contributed by atoms with van der Waals surface area (Å²) in [6.45, 7) is 5.98. The van der Waals surface area contributed by atoms with Crippen molar-refractivity contribution in [2.75, 3.05) is 7.11 Å². The van der Waals surface area contributed by atoms with E-state index in [1.54, 1.807) is 11.0 Å². The first-order chi connectivity index (χ1) is 12.3. The summed E-state index contributed by atoms with van der Waals surface area (Å²) in [5, 5.41) is 0. The molecule has 0 bridgehead atoms. The first-order valence-corrected chi connectivity index (χ1v) is 8.56. The van der Waals surface area contributed by atoms with E-state index in [-0.39, 0.29) is 12.1 Å². The Morgan fingerprint density at radius 1 is 1.08 bits per heavy atom. The third-order valence-electron chi connectivity index (χ3n) is 4.26. The van der Waals surface area contributed by atoms with Crippen molar-refractivity contribution in [2.24, 2.45) is 0 Å². The predicted molar refractivity (Wildman–Crippen MR) is 97.8 cm³/mol. The van der Waals surface area contributed by atoms with Gasteiger partial charge in [0.1, 0.15) is 5.60 Å². The third-order valence-corrected chi connectivity index (χ3v) is 4.26. The fraction of sp³-hybridized carbons (Fsp3) is 0.333. The van der Waals surface area contributed by atoms with Crippen molar-refractivity contribution in [1.29, 1.82) is 0 Å². The van der Waals surface area contributed by atoms with Gasteiger partial charge in [-0.25, -0.2) is 9.59 Å². The van der Waals surface area contributed by atoms with Crippen LogP contribution < -0.4 is 0 Å². The second-order valence-corrected chi connectivity index (χ2v) is 7.33. The molecular weight excluding hydrogens is 330 g/mol. The molecule has 0 saturated heterocycles. The van der Waals surface area contributed by atoms with Crippen LogP contribution in [0, 0.1) is 0 Å². The lowest BCUT2D eigenvalue weighted by Gasteiger charge is -2.29. The number of carbonyl (C=O) groups is 2. The molecule has 0 radical (unpaired) electrons. The van der Waals surface area contributed by atoms with Crippen LogP contribution in [0.25, 0.3) is 0 Å².